The summed E-state index contributed by atoms with van der Waals surface area (Å²) in [5.41, 5.74) is 5.49. The molecule has 0 N–H and O–H groups in total. The van der Waals surface area contributed by atoms with Crippen molar-refractivity contribution < 1.29 is 4.79 Å². The Morgan fingerprint density at radius 1 is 0.842 bits per heavy atom. The molecule has 0 unspecified atom stereocenters. The third-order valence-corrected chi connectivity index (χ3v) is 9.26. The van der Waals surface area contributed by atoms with Gasteiger partial charge in [0, 0.05) is 59.6 Å². The largest absolute Gasteiger partial charge is 0.335 e. The number of hydrogen-bond acceptors (Lipinski definition) is 5. The van der Waals surface area contributed by atoms with Crippen molar-refractivity contribution >= 4 is 44.3 Å². The van der Waals surface area contributed by atoms with E-state index >= 15 is 0 Å². The van der Waals surface area contributed by atoms with Crippen LogP contribution in [0.25, 0.3) is 37.4 Å². The van der Waals surface area contributed by atoms with Gasteiger partial charge in [-0.1, -0.05) is 54.6 Å². The molecule has 0 spiro atoms. The SMILES string of the molecule is O=C(c1cccs1)N1CCN(Cc2c(-c3ccccc3)nc3ccc(-c4cc5ccccc5s4)cn23)CC1. The number of benzene rings is 2. The molecule has 7 rings (SSSR count). The predicted octanol–water partition coefficient (Wildman–Crippen LogP) is 6.90. The molecule has 0 bridgehead atoms. The topological polar surface area (TPSA) is 40.9 Å². The van der Waals surface area contributed by atoms with Crippen LogP contribution in [0, 0.1) is 0 Å². The van der Waals surface area contributed by atoms with Gasteiger partial charge in [-0.15, -0.1) is 22.7 Å². The highest BCUT2D eigenvalue weighted by molar-refractivity contribution is 7.22. The highest BCUT2D eigenvalue weighted by Gasteiger charge is 2.25. The normalized spacial score (nSPS) is 14.5. The number of thiophene rings is 2. The van der Waals surface area contributed by atoms with Crippen LogP contribution in [0.3, 0.4) is 0 Å². The molecule has 5 heterocycles. The Morgan fingerprint density at radius 3 is 2.45 bits per heavy atom. The number of rotatable bonds is 5. The van der Waals surface area contributed by atoms with Crippen molar-refractivity contribution in [1.82, 2.24) is 19.2 Å². The van der Waals surface area contributed by atoms with Crippen molar-refractivity contribution in [3.63, 3.8) is 0 Å². The van der Waals surface area contributed by atoms with Crippen molar-refractivity contribution in [3.05, 3.63) is 107 Å². The first-order valence-electron chi connectivity index (χ1n) is 12.8. The summed E-state index contributed by atoms with van der Waals surface area (Å²) < 4.78 is 3.57. The number of fused-ring (bicyclic) bond motifs is 2. The van der Waals surface area contributed by atoms with Gasteiger partial charge in [-0.05, 0) is 41.1 Å². The van der Waals surface area contributed by atoms with E-state index in [0.29, 0.717) is 0 Å². The molecule has 1 saturated heterocycles. The third kappa shape index (κ3) is 4.32. The summed E-state index contributed by atoms with van der Waals surface area (Å²) in [6.07, 6.45) is 2.24. The number of carbonyl (C=O) groups excluding carboxylic acids is 1. The quantitative estimate of drug-likeness (QED) is 0.242. The van der Waals surface area contributed by atoms with E-state index in [9.17, 15) is 4.79 Å². The number of imidazole rings is 1. The van der Waals surface area contributed by atoms with Crippen molar-refractivity contribution in [1.29, 1.82) is 0 Å². The smallest absolute Gasteiger partial charge is 0.264 e. The van der Waals surface area contributed by atoms with Crippen LogP contribution in [0.15, 0.2) is 96.5 Å². The predicted molar refractivity (Wildman–Crippen MR) is 157 cm³/mol. The second-order valence-corrected chi connectivity index (χ2v) is 11.6. The lowest BCUT2D eigenvalue weighted by molar-refractivity contribution is 0.0631. The second kappa shape index (κ2) is 9.83. The second-order valence-electron chi connectivity index (χ2n) is 9.61. The van der Waals surface area contributed by atoms with Crippen LogP contribution in [0.2, 0.25) is 0 Å². The molecule has 1 aliphatic heterocycles. The summed E-state index contributed by atoms with van der Waals surface area (Å²) in [6.45, 7) is 3.94. The van der Waals surface area contributed by atoms with Gasteiger partial charge in [0.2, 0.25) is 0 Å². The van der Waals surface area contributed by atoms with Crippen LogP contribution in [-0.2, 0) is 6.54 Å². The minimum Gasteiger partial charge on any atom is -0.335 e. The number of carbonyl (C=O) groups is 1. The Kier molecular flexibility index (Phi) is 6.04. The number of aromatic nitrogens is 2. The van der Waals surface area contributed by atoms with Gasteiger partial charge in [-0.25, -0.2) is 4.98 Å². The van der Waals surface area contributed by atoms with E-state index in [0.717, 1.165) is 54.5 Å². The number of piperazine rings is 1. The molecule has 188 valence electrons. The lowest BCUT2D eigenvalue weighted by atomic mass is 10.1. The molecule has 38 heavy (non-hydrogen) atoms. The molecule has 1 aliphatic rings. The first kappa shape index (κ1) is 23.3. The average Bonchev–Trinajstić information content (AvgIpc) is 3.72. The Hall–Kier alpha value is -3.78. The summed E-state index contributed by atoms with van der Waals surface area (Å²) >= 11 is 3.34. The van der Waals surface area contributed by atoms with E-state index in [2.05, 4.69) is 82.2 Å². The Labute approximate surface area is 229 Å². The van der Waals surface area contributed by atoms with Gasteiger partial charge in [-0.2, -0.15) is 0 Å². The molecule has 7 heteroatoms. The highest BCUT2D eigenvalue weighted by atomic mass is 32.1. The van der Waals surface area contributed by atoms with E-state index in [1.165, 1.54) is 37.6 Å². The summed E-state index contributed by atoms with van der Waals surface area (Å²) in [5.74, 6) is 0.146. The summed E-state index contributed by atoms with van der Waals surface area (Å²) in [4.78, 5) is 24.4. The zero-order valence-corrected chi connectivity index (χ0v) is 22.4. The van der Waals surface area contributed by atoms with Crippen LogP contribution in [-0.4, -0.2) is 51.3 Å². The minimum atomic E-state index is 0.146. The van der Waals surface area contributed by atoms with Crippen molar-refractivity contribution in [2.45, 2.75) is 6.54 Å². The van der Waals surface area contributed by atoms with E-state index in [4.69, 9.17) is 4.98 Å². The Morgan fingerprint density at radius 2 is 1.66 bits per heavy atom. The lowest BCUT2D eigenvalue weighted by Crippen LogP contribution is -2.48. The van der Waals surface area contributed by atoms with Crippen LogP contribution < -0.4 is 0 Å². The fourth-order valence-corrected chi connectivity index (χ4v) is 6.96. The fourth-order valence-electron chi connectivity index (χ4n) is 5.22. The molecule has 0 atom stereocenters. The number of nitrogens with zero attached hydrogens (tertiary/aromatic N) is 4. The summed E-state index contributed by atoms with van der Waals surface area (Å²) in [6, 6.07) is 29.4. The van der Waals surface area contributed by atoms with Crippen molar-refractivity contribution in [2.24, 2.45) is 0 Å². The van der Waals surface area contributed by atoms with E-state index in [1.807, 2.05) is 39.8 Å². The molecule has 1 fully saturated rings. The lowest BCUT2D eigenvalue weighted by Gasteiger charge is -2.34. The molecule has 4 aromatic heterocycles. The molecular formula is C31H26N4OS2. The maximum atomic E-state index is 12.8. The van der Waals surface area contributed by atoms with Gasteiger partial charge in [0.05, 0.1) is 16.3 Å². The number of pyridine rings is 1. The first-order chi connectivity index (χ1) is 18.7. The van der Waals surface area contributed by atoms with Crippen LogP contribution in [0.5, 0.6) is 0 Å². The number of hydrogen-bond donors (Lipinski definition) is 0. The van der Waals surface area contributed by atoms with Gasteiger partial charge < -0.3 is 9.30 Å². The summed E-state index contributed by atoms with van der Waals surface area (Å²) in [7, 11) is 0. The van der Waals surface area contributed by atoms with Gasteiger partial charge in [0.25, 0.3) is 5.91 Å². The van der Waals surface area contributed by atoms with E-state index in [-0.39, 0.29) is 5.91 Å². The molecule has 6 aromatic rings. The molecule has 0 aliphatic carbocycles. The number of amides is 1. The van der Waals surface area contributed by atoms with Crippen molar-refractivity contribution in [3.8, 4) is 21.7 Å². The standard InChI is InChI=1S/C31H26N4OS2/c36-31(27-11-6-18-37-27)34-16-14-33(15-17-34)21-25-30(22-7-2-1-3-8-22)32-29-13-12-24(20-35(25)29)28-19-23-9-4-5-10-26(23)38-28/h1-13,18-20H,14-17,21H2. The zero-order valence-electron chi connectivity index (χ0n) is 20.8. The van der Waals surface area contributed by atoms with E-state index < -0.39 is 0 Å². The molecule has 5 nitrogen and oxygen atoms in total. The molecule has 0 saturated carbocycles. The highest BCUT2D eigenvalue weighted by Crippen LogP contribution is 2.35. The minimum absolute atomic E-state index is 0.146. The fraction of sp³-hybridized carbons (Fsp3) is 0.161. The van der Waals surface area contributed by atoms with Gasteiger partial charge >= 0.3 is 0 Å². The first-order valence-corrected chi connectivity index (χ1v) is 14.5. The van der Waals surface area contributed by atoms with Gasteiger partial charge in [-0.3, -0.25) is 9.69 Å². The van der Waals surface area contributed by atoms with Crippen molar-refractivity contribution in [2.75, 3.05) is 26.2 Å². The monoisotopic (exact) mass is 534 g/mol. The molecule has 0 radical (unpaired) electrons. The zero-order chi connectivity index (χ0) is 25.5. The molecular weight excluding hydrogens is 509 g/mol. The van der Waals surface area contributed by atoms with Crippen LogP contribution >= 0.6 is 22.7 Å². The molecule has 1 amide bonds. The van der Waals surface area contributed by atoms with Gasteiger partial charge in [0.1, 0.15) is 5.65 Å². The summed E-state index contributed by atoms with van der Waals surface area (Å²) in [5, 5.41) is 3.24. The van der Waals surface area contributed by atoms with Gasteiger partial charge in [0.15, 0.2) is 0 Å². The average molecular weight is 535 g/mol. The maximum Gasteiger partial charge on any atom is 0.264 e. The molecule has 2 aromatic carbocycles. The Bertz CT molecular complexity index is 1700. The van der Waals surface area contributed by atoms with E-state index in [1.54, 1.807) is 0 Å². The van der Waals surface area contributed by atoms with Crippen LogP contribution in [0.4, 0.5) is 0 Å². The van der Waals surface area contributed by atoms with Crippen LogP contribution in [0.1, 0.15) is 15.4 Å². The Balaban J connectivity index is 1.22. The maximum absolute atomic E-state index is 12.8. The third-order valence-electron chi connectivity index (χ3n) is 7.24.